The number of hydrogen-bond acceptors (Lipinski definition) is 7. The summed E-state index contributed by atoms with van der Waals surface area (Å²) in [6.45, 7) is 2.54. The van der Waals surface area contributed by atoms with Crippen LogP contribution in [0.2, 0.25) is 0 Å². The predicted octanol–water partition coefficient (Wildman–Crippen LogP) is 1.94. The van der Waals surface area contributed by atoms with Crippen LogP contribution in [0.4, 0.5) is 18.9 Å². The number of aliphatic hydroxyl groups is 1. The predicted molar refractivity (Wildman–Crippen MR) is 101 cm³/mol. The zero-order valence-corrected chi connectivity index (χ0v) is 16.8. The first-order chi connectivity index (χ1) is 13.8. The Morgan fingerprint density at radius 3 is 2.33 bits per heavy atom. The fourth-order valence-electron chi connectivity index (χ4n) is 2.29. The van der Waals surface area contributed by atoms with Crippen LogP contribution in [0.15, 0.2) is 46.3 Å². The van der Waals surface area contributed by atoms with Gasteiger partial charge in [0.2, 0.25) is 9.84 Å². The molecule has 0 spiro atoms. The minimum atomic E-state index is -4.90. The van der Waals surface area contributed by atoms with Gasteiger partial charge in [0.1, 0.15) is 5.75 Å². The fraction of sp³-hybridized carbons (Fsp3) is 0.333. The second kappa shape index (κ2) is 8.88. The summed E-state index contributed by atoms with van der Waals surface area (Å²) in [5.41, 5.74) is 4.86. The van der Waals surface area contributed by atoms with Crippen molar-refractivity contribution in [3.05, 3.63) is 42.2 Å². The number of anilines is 1. The standard InChI is InChI=1S/C18H20F3N3O5S/c1-10(2)29-11-3-5-12(6-4-11)30(27,28)13-7-14(22)16(23-8-13)17(26)24-9-15(25)18(19,20)21/h3-8,10,15,25H,9,22H2,1-2H3,(H,24,26). The van der Waals surface area contributed by atoms with Crippen LogP contribution in [0.5, 0.6) is 5.75 Å². The minimum Gasteiger partial charge on any atom is -0.491 e. The molecule has 0 saturated heterocycles. The van der Waals surface area contributed by atoms with E-state index in [-0.39, 0.29) is 21.6 Å². The number of hydrogen-bond donors (Lipinski definition) is 3. The zero-order valence-electron chi connectivity index (χ0n) is 16.0. The Bertz CT molecular complexity index is 1010. The topological polar surface area (TPSA) is 132 Å². The number of nitrogens with two attached hydrogens (primary N) is 1. The highest BCUT2D eigenvalue weighted by Gasteiger charge is 2.38. The molecule has 0 bridgehead atoms. The summed E-state index contributed by atoms with van der Waals surface area (Å²) < 4.78 is 67.8. The summed E-state index contributed by atoms with van der Waals surface area (Å²) in [5.74, 6) is -0.607. The van der Waals surface area contributed by atoms with Crippen molar-refractivity contribution >= 4 is 21.4 Å². The van der Waals surface area contributed by atoms with Gasteiger partial charge in [-0.1, -0.05) is 0 Å². The molecule has 4 N–H and O–H groups in total. The third-order valence-electron chi connectivity index (χ3n) is 3.76. The molecule has 30 heavy (non-hydrogen) atoms. The van der Waals surface area contributed by atoms with Crippen molar-refractivity contribution in [3.8, 4) is 5.75 Å². The molecule has 0 fully saturated rings. The molecule has 8 nitrogen and oxygen atoms in total. The number of sulfone groups is 1. The van der Waals surface area contributed by atoms with E-state index < -0.39 is 40.3 Å². The Morgan fingerprint density at radius 1 is 1.23 bits per heavy atom. The van der Waals surface area contributed by atoms with Crippen LogP contribution in [-0.2, 0) is 9.84 Å². The third kappa shape index (κ3) is 5.60. The van der Waals surface area contributed by atoms with Gasteiger partial charge in [0, 0.05) is 6.20 Å². The molecular weight excluding hydrogens is 427 g/mol. The van der Waals surface area contributed by atoms with Crippen molar-refractivity contribution < 1.29 is 36.2 Å². The molecular formula is C18H20F3N3O5S. The number of alkyl halides is 3. The van der Waals surface area contributed by atoms with Gasteiger partial charge in [0.05, 0.1) is 28.1 Å². The normalized spacial score (nSPS) is 13.2. The number of nitrogens with one attached hydrogen (secondary N) is 1. The van der Waals surface area contributed by atoms with E-state index in [0.717, 1.165) is 12.3 Å². The van der Waals surface area contributed by atoms with E-state index in [1.807, 2.05) is 19.2 Å². The number of nitrogen functional groups attached to an aromatic ring is 1. The lowest BCUT2D eigenvalue weighted by Gasteiger charge is -2.15. The lowest BCUT2D eigenvalue weighted by Crippen LogP contribution is -2.41. The zero-order chi connectivity index (χ0) is 22.7. The summed E-state index contributed by atoms with van der Waals surface area (Å²) in [5, 5.41) is 10.8. The van der Waals surface area contributed by atoms with Crippen molar-refractivity contribution in [3.63, 3.8) is 0 Å². The average Bonchev–Trinajstić information content (AvgIpc) is 2.64. The molecule has 1 aromatic heterocycles. The van der Waals surface area contributed by atoms with Gasteiger partial charge >= 0.3 is 6.18 Å². The van der Waals surface area contributed by atoms with E-state index in [1.165, 1.54) is 24.3 Å². The first-order valence-electron chi connectivity index (χ1n) is 8.62. The lowest BCUT2D eigenvalue weighted by atomic mass is 10.2. The van der Waals surface area contributed by atoms with Gasteiger partial charge in [-0.2, -0.15) is 13.2 Å². The molecule has 0 aliphatic rings. The summed E-state index contributed by atoms with van der Waals surface area (Å²) >= 11 is 0. The maximum absolute atomic E-state index is 12.7. The Balaban J connectivity index is 2.20. The molecule has 1 amide bonds. The van der Waals surface area contributed by atoms with Crippen molar-refractivity contribution in [1.82, 2.24) is 10.3 Å². The minimum absolute atomic E-state index is 0.0645. The fourth-order valence-corrected chi connectivity index (χ4v) is 3.53. The summed E-state index contributed by atoms with van der Waals surface area (Å²) in [6.07, 6.45) is -6.88. The molecule has 0 saturated carbocycles. The maximum Gasteiger partial charge on any atom is 0.416 e. The molecule has 1 unspecified atom stereocenters. The number of carbonyl (C=O) groups excluding carboxylic acids is 1. The van der Waals surface area contributed by atoms with Crippen LogP contribution in [0.1, 0.15) is 24.3 Å². The smallest absolute Gasteiger partial charge is 0.416 e. The highest BCUT2D eigenvalue weighted by atomic mass is 32.2. The largest absolute Gasteiger partial charge is 0.491 e. The number of ether oxygens (including phenoxy) is 1. The number of nitrogens with zero attached hydrogens (tertiary/aromatic N) is 1. The van der Waals surface area contributed by atoms with Crippen molar-refractivity contribution in [2.45, 2.75) is 42.0 Å². The molecule has 1 heterocycles. The van der Waals surface area contributed by atoms with Crippen LogP contribution in [0.25, 0.3) is 0 Å². The second-order valence-electron chi connectivity index (χ2n) is 6.52. The van der Waals surface area contributed by atoms with Crippen molar-refractivity contribution in [2.24, 2.45) is 0 Å². The van der Waals surface area contributed by atoms with E-state index >= 15 is 0 Å². The van der Waals surface area contributed by atoms with Gasteiger partial charge < -0.3 is 20.9 Å². The molecule has 0 aliphatic carbocycles. The second-order valence-corrected chi connectivity index (χ2v) is 8.47. The third-order valence-corrected chi connectivity index (χ3v) is 5.49. The van der Waals surface area contributed by atoms with E-state index in [0.29, 0.717) is 5.75 Å². The average molecular weight is 447 g/mol. The monoisotopic (exact) mass is 447 g/mol. The molecule has 12 heteroatoms. The quantitative estimate of drug-likeness (QED) is 0.591. The Hall–Kier alpha value is -2.86. The van der Waals surface area contributed by atoms with Gasteiger partial charge in [0.25, 0.3) is 5.91 Å². The van der Waals surface area contributed by atoms with Crippen LogP contribution in [-0.4, -0.2) is 49.3 Å². The van der Waals surface area contributed by atoms with Crippen LogP contribution in [0.3, 0.4) is 0 Å². The van der Waals surface area contributed by atoms with Gasteiger partial charge in [-0.3, -0.25) is 4.79 Å². The first kappa shape index (κ1) is 23.4. The Kier molecular flexibility index (Phi) is 6.93. The number of aliphatic hydroxyl groups excluding tert-OH is 1. The number of rotatable bonds is 7. The maximum atomic E-state index is 12.7. The molecule has 2 rings (SSSR count). The van der Waals surface area contributed by atoms with Crippen LogP contribution < -0.4 is 15.8 Å². The number of halogens is 3. The van der Waals surface area contributed by atoms with E-state index in [2.05, 4.69) is 4.98 Å². The van der Waals surface area contributed by atoms with Crippen LogP contribution >= 0.6 is 0 Å². The molecule has 164 valence electrons. The van der Waals surface area contributed by atoms with E-state index in [9.17, 15) is 26.4 Å². The number of pyridine rings is 1. The number of carbonyl (C=O) groups is 1. The van der Waals surface area contributed by atoms with Crippen LogP contribution in [0, 0.1) is 0 Å². The molecule has 0 radical (unpaired) electrons. The summed E-state index contributed by atoms with van der Waals surface area (Å²) in [7, 11) is -4.01. The van der Waals surface area contributed by atoms with Gasteiger partial charge in [-0.25, -0.2) is 13.4 Å². The summed E-state index contributed by atoms with van der Waals surface area (Å²) in [6, 6.07) is 6.62. The molecule has 1 aromatic carbocycles. The summed E-state index contributed by atoms with van der Waals surface area (Å²) in [4.78, 5) is 15.3. The van der Waals surface area contributed by atoms with Gasteiger partial charge in [-0.15, -0.1) is 0 Å². The molecule has 1 atom stereocenters. The van der Waals surface area contributed by atoms with E-state index in [1.54, 1.807) is 0 Å². The molecule has 2 aromatic rings. The first-order valence-corrected chi connectivity index (χ1v) is 10.1. The van der Waals surface area contributed by atoms with E-state index in [4.69, 9.17) is 15.6 Å². The van der Waals surface area contributed by atoms with Crippen molar-refractivity contribution in [2.75, 3.05) is 12.3 Å². The van der Waals surface area contributed by atoms with Crippen molar-refractivity contribution in [1.29, 1.82) is 0 Å². The number of benzene rings is 1. The van der Waals surface area contributed by atoms with Gasteiger partial charge in [-0.05, 0) is 44.2 Å². The SMILES string of the molecule is CC(C)Oc1ccc(S(=O)(=O)c2cnc(C(=O)NCC(O)C(F)(F)F)c(N)c2)cc1. The lowest BCUT2D eigenvalue weighted by molar-refractivity contribution is -0.201. The highest BCUT2D eigenvalue weighted by Crippen LogP contribution is 2.25. The van der Waals surface area contributed by atoms with Gasteiger partial charge in [0.15, 0.2) is 11.8 Å². The Labute approximate surface area is 170 Å². The number of aromatic nitrogens is 1. The molecule has 0 aliphatic heterocycles. The number of amides is 1. The Morgan fingerprint density at radius 2 is 1.83 bits per heavy atom. The highest BCUT2D eigenvalue weighted by molar-refractivity contribution is 7.91.